The van der Waals surface area contributed by atoms with E-state index in [1.165, 1.54) is 5.56 Å². The van der Waals surface area contributed by atoms with Crippen molar-refractivity contribution in [3.05, 3.63) is 35.9 Å². The third kappa shape index (κ3) is 6.04. The Kier molecular flexibility index (Phi) is 6.29. The Morgan fingerprint density at radius 2 is 1.88 bits per heavy atom. The van der Waals surface area contributed by atoms with Gasteiger partial charge in [-0.1, -0.05) is 30.3 Å². The maximum absolute atomic E-state index is 10.4. The lowest BCUT2D eigenvalue weighted by Gasteiger charge is -2.20. The highest BCUT2D eigenvalue weighted by Gasteiger charge is 2.06. The van der Waals surface area contributed by atoms with E-state index in [1.807, 2.05) is 30.3 Å². The summed E-state index contributed by atoms with van der Waals surface area (Å²) >= 11 is 0. The molecule has 0 spiro atoms. The quantitative estimate of drug-likeness (QED) is 0.716. The molecule has 0 fully saturated rings. The SMILES string of the molecule is O=C(O)CCCN(CCO)Cc1ccccc1. The van der Waals surface area contributed by atoms with Gasteiger partial charge in [0.05, 0.1) is 6.61 Å². The number of aliphatic hydroxyl groups is 1. The van der Waals surface area contributed by atoms with Crippen molar-refractivity contribution in [3.8, 4) is 0 Å². The second-order valence-electron chi connectivity index (χ2n) is 3.98. The second-order valence-corrected chi connectivity index (χ2v) is 3.98. The highest BCUT2D eigenvalue weighted by Crippen LogP contribution is 2.05. The van der Waals surface area contributed by atoms with Crippen molar-refractivity contribution in [1.29, 1.82) is 0 Å². The molecule has 0 atom stereocenters. The van der Waals surface area contributed by atoms with Crippen molar-refractivity contribution in [2.75, 3.05) is 19.7 Å². The summed E-state index contributed by atoms with van der Waals surface area (Å²) in [5.41, 5.74) is 1.18. The molecular weight excluding hydrogens is 218 g/mol. The fourth-order valence-electron chi connectivity index (χ4n) is 1.71. The topological polar surface area (TPSA) is 60.8 Å². The van der Waals surface area contributed by atoms with Crippen LogP contribution in [0.4, 0.5) is 0 Å². The molecule has 4 nitrogen and oxygen atoms in total. The number of hydrogen-bond acceptors (Lipinski definition) is 3. The number of aliphatic carboxylic acids is 1. The number of aliphatic hydroxyl groups excluding tert-OH is 1. The van der Waals surface area contributed by atoms with Crippen LogP contribution >= 0.6 is 0 Å². The maximum Gasteiger partial charge on any atom is 0.303 e. The van der Waals surface area contributed by atoms with Crippen LogP contribution in [0.3, 0.4) is 0 Å². The molecule has 0 saturated carbocycles. The van der Waals surface area contributed by atoms with Crippen molar-refractivity contribution in [1.82, 2.24) is 4.90 Å². The van der Waals surface area contributed by atoms with Crippen LogP contribution in [-0.4, -0.2) is 40.8 Å². The number of carbonyl (C=O) groups is 1. The average molecular weight is 237 g/mol. The summed E-state index contributed by atoms with van der Waals surface area (Å²) in [6, 6.07) is 9.97. The molecule has 2 N–H and O–H groups in total. The Morgan fingerprint density at radius 1 is 1.18 bits per heavy atom. The van der Waals surface area contributed by atoms with Crippen LogP contribution in [-0.2, 0) is 11.3 Å². The summed E-state index contributed by atoms with van der Waals surface area (Å²) in [7, 11) is 0. The summed E-state index contributed by atoms with van der Waals surface area (Å²) in [4.78, 5) is 12.5. The van der Waals surface area contributed by atoms with E-state index in [1.54, 1.807) is 0 Å². The lowest BCUT2D eigenvalue weighted by molar-refractivity contribution is -0.137. The molecule has 0 radical (unpaired) electrons. The number of hydrogen-bond donors (Lipinski definition) is 2. The zero-order valence-corrected chi connectivity index (χ0v) is 9.88. The van der Waals surface area contributed by atoms with E-state index in [0.29, 0.717) is 19.5 Å². The fraction of sp³-hybridized carbons (Fsp3) is 0.462. The summed E-state index contributed by atoms with van der Waals surface area (Å²) in [5, 5.41) is 17.5. The number of carboxylic acids is 1. The molecule has 1 aromatic rings. The molecular formula is C13H19NO3. The van der Waals surface area contributed by atoms with Gasteiger partial charge in [0.1, 0.15) is 0 Å². The van der Waals surface area contributed by atoms with Crippen molar-refractivity contribution in [2.24, 2.45) is 0 Å². The first-order valence-electron chi connectivity index (χ1n) is 5.81. The monoisotopic (exact) mass is 237 g/mol. The zero-order valence-electron chi connectivity index (χ0n) is 9.88. The molecule has 1 aromatic carbocycles. The Labute approximate surface area is 101 Å². The summed E-state index contributed by atoms with van der Waals surface area (Å²) in [6.45, 7) is 2.12. The van der Waals surface area contributed by atoms with Crippen LogP contribution in [0.1, 0.15) is 18.4 Å². The number of carboxylic acid groups (broad SMARTS) is 1. The Balaban J connectivity index is 2.40. The van der Waals surface area contributed by atoms with Crippen LogP contribution < -0.4 is 0 Å². The van der Waals surface area contributed by atoms with E-state index in [-0.39, 0.29) is 13.0 Å². The van der Waals surface area contributed by atoms with Crippen LogP contribution in [0.5, 0.6) is 0 Å². The minimum atomic E-state index is -0.770. The van der Waals surface area contributed by atoms with E-state index in [9.17, 15) is 4.79 Å². The third-order valence-corrected chi connectivity index (χ3v) is 2.53. The molecule has 0 aromatic heterocycles. The second kappa shape index (κ2) is 7.81. The van der Waals surface area contributed by atoms with Crippen LogP contribution in [0.25, 0.3) is 0 Å². The van der Waals surface area contributed by atoms with E-state index < -0.39 is 5.97 Å². The Hall–Kier alpha value is -1.39. The van der Waals surface area contributed by atoms with Crippen molar-refractivity contribution in [3.63, 3.8) is 0 Å². The molecule has 1 rings (SSSR count). The average Bonchev–Trinajstić information content (AvgIpc) is 2.30. The molecule has 0 aliphatic heterocycles. The van der Waals surface area contributed by atoms with Gasteiger partial charge in [0.25, 0.3) is 0 Å². The largest absolute Gasteiger partial charge is 0.481 e. The predicted octanol–water partition coefficient (Wildman–Crippen LogP) is 1.35. The maximum atomic E-state index is 10.4. The molecule has 0 saturated heterocycles. The van der Waals surface area contributed by atoms with Gasteiger partial charge in [-0.15, -0.1) is 0 Å². The standard InChI is InChI=1S/C13H19NO3/c15-10-9-14(8-4-7-13(16)17)11-12-5-2-1-3-6-12/h1-3,5-6,15H,4,7-11H2,(H,16,17). The molecule has 0 heterocycles. The van der Waals surface area contributed by atoms with Crippen LogP contribution in [0, 0.1) is 0 Å². The zero-order chi connectivity index (χ0) is 12.5. The van der Waals surface area contributed by atoms with Gasteiger partial charge < -0.3 is 10.2 Å². The highest BCUT2D eigenvalue weighted by molar-refractivity contribution is 5.66. The first-order chi connectivity index (χ1) is 8.22. The molecule has 17 heavy (non-hydrogen) atoms. The minimum Gasteiger partial charge on any atom is -0.481 e. The van der Waals surface area contributed by atoms with E-state index in [0.717, 1.165) is 6.54 Å². The Bertz CT molecular complexity index is 327. The van der Waals surface area contributed by atoms with Crippen LogP contribution in [0.2, 0.25) is 0 Å². The van der Waals surface area contributed by atoms with E-state index in [4.69, 9.17) is 10.2 Å². The lowest BCUT2D eigenvalue weighted by atomic mass is 10.2. The van der Waals surface area contributed by atoms with Gasteiger partial charge in [-0.2, -0.15) is 0 Å². The Morgan fingerprint density at radius 3 is 2.47 bits per heavy atom. The van der Waals surface area contributed by atoms with Gasteiger partial charge in [0.2, 0.25) is 0 Å². The molecule has 0 amide bonds. The van der Waals surface area contributed by atoms with Crippen molar-refractivity contribution >= 4 is 5.97 Å². The van der Waals surface area contributed by atoms with Gasteiger partial charge in [-0.05, 0) is 18.5 Å². The van der Waals surface area contributed by atoms with Gasteiger partial charge >= 0.3 is 5.97 Å². The highest BCUT2D eigenvalue weighted by atomic mass is 16.4. The fourth-order valence-corrected chi connectivity index (χ4v) is 1.71. The van der Waals surface area contributed by atoms with Gasteiger partial charge in [0.15, 0.2) is 0 Å². The van der Waals surface area contributed by atoms with Crippen LogP contribution in [0.15, 0.2) is 30.3 Å². The predicted molar refractivity (Wildman–Crippen MR) is 65.7 cm³/mol. The van der Waals surface area contributed by atoms with Crippen molar-refractivity contribution in [2.45, 2.75) is 19.4 Å². The molecule has 94 valence electrons. The van der Waals surface area contributed by atoms with Crippen molar-refractivity contribution < 1.29 is 15.0 Å². The first-order valence-corrected chi connectivity index (χ1v) is 5.81. The normalized spacial score (nSPS) is 10.7. The molecule has 0 bridgehead atoms. The molecule has 0 unspecified atom stereocenters. The summed E-state index contributed by atoms with van der Waals surface area (Å²) in [6.07, 6.45) is 0.791. The number of rotatable bonds is 8. The van der Waals surface area contributed by atoms with E-state index >= 15 is 0 Å². The minimum absolute atomic E-state index is 0.0971. The summed E-state index contributed by atoms with van der Waals surface area (Å²) < 4.78 is 0. The number of nitrogens with zero attached hydrogens (tertiary/aromatic N) is 1. The lowest BCUT2D eigenvalue weighted by Crippen LogP contribution is -2.28. The van der Waals surface area contributed by atoms with Gasteiger partial charge in [-0.25, -0.2) is 0 Å². The molecule has 0 aliphatic carbocycles. The summed E-state index contributed by atoms with van der Waals surface area (Å²) in [5.74, 6) is -0.770. The molecule has 0 aliphatic rings. The van der Waals surface area contributed by atoms with E-state index in [2.05, 4.69) is 4.90 Å². The number of benzene rings is 1. The van der Waals surface area contributed by atoms with Gasteiger partial charge in [-0.3, -0.25) is 9.69 Å². The third-order valence-electron chi connectivity index (χ3n) is 2.53. The molecule has 4 heteroatoms. The first kappa shape index (κ1) is 13.7. The smallest absolute Gasteiger partial charge is 0.303 e. The van der Waals surface area contributed by atoms with Gasteiger partial charge in [0, 0.05) is 19.5 Å².